The van der Waals surface area contributed by atoms with Crippen molar-refractivity contribution >= 4 is 10.0 Å². The topological polar surface area (TPSA) is 70.8 Å². The van der Waals surface area contributed by atoms with Crippen LogP contribution in [0.3, 0.4) is 0 Å². The summed E-state index contributed by atoms with van der Waals surface area (Å²) < 4.78 is 31.8. The third-order valence-corrected chi connectivity index (χ3v) is 5.82. The highest BCUT2D eigenvalue weighted by atomic mass is 32.2. The lowest BCUT2D eigenvalue weighted by atomic mass is 9.94. The van der Waals surface area contributed by atoms with E-state index >= 15 is 0 Å². The highest BCUT2D eigenvalue weighted by molar-refractivity contribution is 7.89. The van der Waals surface area contributed by atoms with Crippen molar-refractivity contribution < 1.29 is 17.9 Å². The smallest absolute Gasteiger partial charge is 0.246 e. The molecular weight excluding hydrogens is 254 g/mol. The Hall–Kier alpha value is -0.850. The molecule has 102 valence electrons. The number of aliphatic hydroxyl groups excluding tert-OH is 1. The van der Waals surface area contributed by atoms with E-state index in [9.17, 15) is 13.5 Å². The van der Waals surface area contributed by atoms with Crippen LogP contribution in [0.15, 0.2) is 9.31 Å². The second-order valence-corrected chi connectivity index (χ2v) is 6.72. The monoisotopic (exact) mass is 273 g/mol. The molecule has 1 aromatic rings. The molecule has 1 heterocycles. The number of aryl methyl sites for hydroxylation is 2. The van der Waals surface area contributed by atoms with E-state index in [0.29, 0.717) is 17.1 Å². The molecule has 0 spiro atoms. The molecule has 0 amide bonds. The second-order valence-electron chi connectivity index (χ2n) is 4.79. The van der Waals surface area contributed by atoms with E-state index in [4.69, 9.17) is 4.42 Å². The van der Waals surface area contributed by atoms with Gasteiger partial charge in [-0.25, -0.2) is 8.42 Å². The standard InChI is InChI=1S/C12H19NO4S/c1-8-11(7-14)12(9(2)17-8)18(15,16)13(3)10-5-4-6-10/h10,14H,4-7H2,1-3H3. The predicted octanol–water partition coefficient (Wildman–Crippen LogP) is 1.56. The average molecular weight is 273 g/mol. The molecule has 0 unspecified atom stereocenters. The Morgan fingerprint density at radius 1 is 1.33 bits per heavy atom. The van der Waals surface area contributed by atoms with Crippen LogP contribution < -0.4 is 0 Å². The van der Waals surface area contributed by atoms with Crippen LogP contribution in [0.2, 0.25) is 0 Å². The first kappa shape index (κ1) is 13.6. The summed E-state index contributed by atoms with van der Waals surface area (Å²) in [4.78, 5) is 0.136. The summed E-state index contributed by atoms with van der Waals surface area (Å²) >= 11 is 0. The minimum atomic E-state index is -3.57. The first-order valence-electron chi connectivity index (χ1n) is 6.07. The van der Waals surface area contributed by atoms with Crippen LogP contribution in [-0.4, -0.2) is 30.9 Å². The fraction of sp³-hybridized carbons (Fsp3) is 0.667. The lowest BCUT2D eigenvalue weighted by Gasteiger charge is -2.33. The van der Waals surface area contributed by atoms with Gasteiger partial charge in [0.25, 0.3) is 0 Å². The number of furan rings is 1. The Morgan fingerprint density at radius 3 is 2.39 bits per heavy atom. The summed E-state index contributed by atoms with van der Waals surface area (Å²) in [5.74, 6) is 0.818. The largest absolute Gasteiger partial charge is 0.465 e. The molecule has 5 nitrogen and oxygen atoms in total. The molecule has 1 saturated carbocycles. The molecule has 0 radical (unpaired) electrons. The number of rotatable bonds is 4. The van der Waals surface area contributed by atoms with Crippen LogP contribution in [0.1, 0.15) is 36.3 Å². The minimum absolute atomic E-state index is 0.0798. The van der Waals surface area contributed by atoms with Crippen LogP contribution >= 0.6 is 0 Å². The Labute approximate surface area is 107 Å². The molecule has 1 fully saturated rings. The van der Waals surface area contributed by atoms with Crippen molar-refractivity contribution in [1.29, 1.82) is 0 Å². The Bertz CT molecular complexity index is 543. The Morgan fingerprint density at radius 2 is 1.94 bits per heavy atom. The molecule has 6 heteroatoms. The van der Waals surface area contributed by atoms with Crippen molar-refractivity contribution in [3.63, 3.8) is 0 Å². The van der Waals surface area contributed by atoms with Gasteiger partial charge in [0.05, 0.1) is 6.61 Å². The first-order valence-corrected chi connectivity index (χ1v) is 7.51. The predicted molar refractivity (Wildman–Crippen MR) is 66.7 cm³/mol. The van der Waals surface area contributed by atoms with Crippen molar-refractivity contribution in [2.75, 3.05) is 7.05 Å². The van der Waals surface area contributed by atoms with Crippen LogP contribution in [0.25, 0.3) is 0 Å². The van der Waals surface area contributed by atoms with Crippen LogP contribution in [-0.2, 0) is 16.6 Å². The Balaban J connectivity index is 2.46. The SMILES string of the molecule is Cc1oc(C)c(S(=O)(=O)N(C)C2CCC2)c1CO. The van der Waals surface area contributed by atoms with Crippen molar-refractivity contribution in [2.24, 2.45) is 0 Å². The average Bonchev–Trinajstić information content (AvgIpc) is 2.50. The number of hydrogen-bond acceptors (Lipinski definition) is 4. The Kier molecular flexibility index (Phi) is 3.53. The van der Waals surface area contributed by atoms with E-state index in [1.807, 2.05) is 0 Å². The van der Waals surface area contributed by atoms with E-state index in [1.165, 1.54) is 4.31 Å². The molecule has 0 bridgehead atoms. The number of aliphatic hydroxyl groups is 1. The molecule has 1 N–H and O–H groups in total. The lowest BCUT2D eigenvalue weighted by molar-refractivity contribution is 0.248. The van der Waals surface area contributed by atoms with E-state index in [2.05, 4.69) is 0 Å². The fourth-order valence-corrected chi connectivity index (χ4v) is 4.14. The normalized spacial score (nSPS) is 17.2. The van der Waals surface area contributed by atoms with Gasteiger partial charge in [-0.05, 0) is 26.7 Å². The van der Waals surface area contributed by atoms with Crippen LogP contribution in [0, 0.1) is 13.8 Å². The number of hydrogen-bond donors (Lipinski definition) is 1. The van der Waals surface area contributed by atoms with Crippen molar-refractivity contribution in [3.05, 3.63) is 17.1 Å². The molecule has 0 atom stereocenters. The summed E-state index contributed by atoms with van der Waals surface area (Å²) in [7, 11) is -1.97. The zero-order valence-electron chi connectivity index (χ0n) is 10.9. The highest BCUT2D eigenvalue weighted by Crippen LogP contribution is 2.33. The quantitative estimate of drug-likeness (QED) is 0.903. The third-order valence-electron chi connectivity index (χ3n) is 3.71. The molecule has 2 rings (SSSR count). The zero-order valence-corrected chi connectivity index (χ0v) is 11.7. The van der Waals surface area contributed by atoms with Gasteiger partial charge in [0.1, 0.15) is 16.4 Å². The van der Waals surface area contributed by atoms with Crippen LogP contribution in [0.5, 0.6) is 0 Å². The molecular formula is C12H19NO4S. The van der Waals surface area contributed by atoms with Gasteiger partial charge in [-0.1, -0.05) is 6.42 Å². The van der Waals surface area contributed by atoms with Gasteiger partial charge in [0.2, 0.25) is 10.0 Å². The van der Waals surface area contributed by atoms with Gasteiger partial charge in [0, 0.05) is 18.7 Å². The summed E-state index contributed by atoms with van der Waals surface area (Å²) in [5, 5.41) is 9.32. The maximum atomic E-state index is 12.5. The second kappa shape index (κ2) is 4.68. The zero-order chi connectivity index (χ0) is 13.5. The van der Waals surface area contributed by atoms with E-state index in [1.54, 1.807) is 20.9 Å². The molecule has 1 aliphatic rings. The molecule has 18 heavy (non-hydrogen) atoms. The van der Waals surface area contributed by atoms with Gasteiger partial charge in [0.15, 0.2) is 0 Å². The first-order chi connectivity index (χ1) is 8.39. The van der Waals surface area contributed by atoms with Gasteiger partial charge in [-0.15, -0.1) is 0 Å². The molecule has 1 aliphatic carbocycles. The lowest BCUT2D eigenvalue weighted by Crippen LogP contribution is -2.41. The van der Waals surface area contributed by atoms with Gasteiger partial charge < -0.3 is 9.52 Å². The maximum Gasteiger partial charge on any atom is 0.246 e. The fourth-order valence-electron chi connectivity index (χ4n) is 2.32. The van der Waals surface area contributed by atoms with Crippen LogP contribution in [0.4, 0.5) is 0 Å². The van der Waals surface area contributed by atoms with Crippen molar-refractivity contribution in [2.45, 2.75) is 50.7 Å². The summed E-state index contributed by atoms with van der Waals surface area (Å²) in [5.41, 5.74) is 0.374. The van der Waals surface area contributed by atoms with E-state index < -0.39 is 10.0 Å². The van der Waals surface area contributed by atoms with Gasteiger partial charge >= 0.3 is 0 Å². The number of sulfonamides is 1. The molecule has 1 aromatic heterocycles. The van der Waals surface area contributed by atoms with Gasteiger partial charge in [-0.2, -0.15) is 4.31 Å². The van der Waals surface area contributed by atoms with Crippen molar-refractivity contribution in [1.82, 2.24) is 4.31 Å². The third kappa shape index (κ3) is 1.98. The van der Waals surface area contributed by atoms with E-state index in [0.717, 1.165) is 19.3 Å². The maximum absolute atomic E-state index is 12.5. The summed E-state index contributed by atoms with van der Waals surface area (Å²) in [6.07, 6.45) is 2.88. The van der Waals surface area contributed by atoms with Crippen molar-refractivity contribution in [3.8, 4) is 0 Å². The molecule has 0 aliphatic heterocycles. The minimum Gasteiger partial charge on any atom is -0.465 e. The molecule has 0 saturated heterocycles. The highest BCUT2D eigenvalue weighted by Gasteiger charge is 2.36. The van der Waals surface area contributed by atoms with E-state index in [-0.39, 0.29) is 17.5 Å². The molecule has 0 aromatic carbocycles. The summed E-state index contributed by atoms with van der Waals surface area (Å²) in [6.45, 7) is 2.96. The number of nitrogens with zero attached hydrogens (tertiary/aromatic N) is 1. The van der Waals surface area contributed by atoms with Gasteiger partial charge in [-0.3, -0.25) is 0 Å². The summed E-state index contributed by atoms with van der Waals surface area (Å²) in [6, 6.07) is 0.0798.